The van der Waals surface area contributed by atoms with Gasteiger partial charge in [-0.15, -0.1) is 0 Å². The van der Waals surface area contributed by atoms with E-state index in [-0.39, 0.29) is 18.8 Å². The van der Waals surface area contributed by atoms with Gasteiger partial charge in [-0.25, -0.2) is 14.6 Å². The Morgan fingerprint density at radius 2 is 2.15 bits per heavy atom. The normalized spacial score (nSPS) is 10.1. The van der Waals surface area contributed by atoms with E-state index in [9.17, 15) is 9.59 Å². The summed E-state index contributed by atoms with van der Waals surface area (Å²) in [5.74, 6) is -1.13. The van der Waals surface area contributed by atoms with Gasteiger partial charge in [0.2, 0.25) is 0 Å². The number of anilines is 1. The van der Waals surface area contributed by atoms with Gasteiger partial charge in [0, 0.05) is 20.2 Å². The van der Waals surface area contributed by atoms with Crippen LogP contribution in [-0.2, 0) is 4.74 Å². The highest BCUT2D eigenvalue weighted by Crippen LogP contribution is 2.07. The zero-order valence-electron chi connectivity index (χ0n) is 11.1. The second-order valence-corrected chi connectivity index (χ2v) is 3.87. The van der Waals surface area contributed by atoms with E-state index >= 15 is 0 Å². The standard InChI is InChI=1S/C12H17N3O5/c1-20-7-5-15(4-6-16)12(19)14-9-2-3-10(11(17)18)13-8-9/h2-3,8,16H,4-7H2,1H3,(H,14,19)(H,17,18). The average Bonchev–Trinajstić information content (AvgIpc) is 2.43. The Bertz CT molecular complexity index is 449. The van der Waals surface area contributed by atoms with E-state index in [1.54, 1.807) is 0 Å². The molecule has 3 N–H and O–H groups in total. The molecule has 0 aliphatic heterocycles. The summed E-state index contributed by atoms with van der Waals surface area (Å²) in [7, 11) is 1.52. The molecule has 1 heterocycles. The Hall–Kier alpha value is -2.19. The van der Waals surface area contributed by atoms with Crippen molar-refractivity contribution >= 4 is 17.7 Å². The number of carbonyl (C=O) groups excluding carboxylic acids is 1. The molecule has 0 radical (unpaired) electrons. The second-order valence-electron chi connectivity index (χ2n) is 3.87. The molecule has 0 atom stereocenters. The number of rotatable bonds is 7. The molecule has 0 fully saturated rings. The van der Waals surface area contributed by atoms with Crippen molar-refractivity contribution in [2.75, 3.05) is 38.7 Å². The number of carboxylic acid groups (broad SMARTS) is 1. The SMILES string of the molecule is COCCN(CCO)C(=O)Nc1ccc(C(=O)O)nc1. The first kappa shape index (κ1) is 15.9. The number of ether oxygens (including phenoxy) is 1. The summed E-state index contributed by atoms with van der Waals surface area (Å²) in [6.07, 6.45) is 1.26. The predicted octanol–water partition coefficient (Wildman–Crippen LogP) is 0.252. The third-order valence-corrected chi connectivity index (χ3v) is 2.46. The topological polar surface area (TPSA) is 112 Å². The first-order valence-electron chi connectivity index (χ1n) is 5.93. The lowest BCUT2D eigenvalue weighted by molar-refractivity contribution is 0.0690. The van der Waals surface area contributed by atoms with Crippen LogP contribution in [0.4, 0.5) is 10.5 Å². The number of nitrogens with zero attached hydrogens (tertiary/aromatic N) is 2. The first-order chi connectivity index (χ1) is 9.58. The van der Waals surface area contributed by atoms with Crippen molar-refractivity contribution in [3.63, 3.8) is 0 Å². The van der Waals surface area contributed by atoms with E-state index in [4.69, 9.17) is 14.9 Å². The molecule has 0 unspecified atom stereocenters. The Labute approximate surface area is 116 Å². The fourth-order valence-electron chi connectivity index (χ4n) is 1.43. The molecule has 0 saturated heterocycles. The van der Waals surface area contributed by atoms with Crippen molar-refractivity contribution in [1.29, 1.82) is 0 Å². The van der Waals surface area contributed by atoms with E-state index in [2.05, 4.69) is 10.3 Å². The van der Waals surface area contributed by atoms with E-state index in [0.29, 0.717) is 18.8 Å². The smallest absolute Gasteiger partial charge is 0.354 e. The maximum absolute atomic E-state index is 11.9. The number of aromatic nitrogens is 1. The number of nitrogens with one attached hydrogen (secondary N) is 1. The molecular formula is C12H17N3O5. The zero-order valence-corrected chi connectivity index (χ0v) is 11.1. The van der Waals surface area contributed by atoms with E-state index in [0.717, 1.165) is 0 Å². The molecule has 110 valence electrons. The molecule has 20 heavy (non-hydrogen) atoms. The summed E-state index contributed by atoms with van der Waals surface area (Å²) in [4.78, 5) is 27.7. The van der Waals surface area contributed by atoms with Crippen molar-refractivity contribution in [3.8, 4) is 0 Å². The molecule has 1 aromatic heterocycles. The minimum Gasteiger partial charge on any atom is -0.477 e. The van der Waals surface area contributed by atoms with Crippen molar-refractivity contribution in [1.82, 2.24) is 9.88 Å². The molecule has 0 aliphatic rings. The quantitative estimate of drug-likeness (QED) is 0.661. The van der Waals surface area contributed by atoms with Crippen molar-refractivity contribution < 1.29 is 24.5 Å². The van der Waals surface area contributed by atoms with Crippen LogP contribution in [0.3, 0.4) is 0 Å². The number of aliphatic hydroxyl groups is 1. The number of hydrogen-bond donors (Lipinski definition) is 3. The highest BCUT2D eigenvalue weighted by atomic mass is 16.5. The third-order valence-electron chi connectivity index (χ3n) is 2.46. The van der Waals surface area contributed by atoms with Crippen LogP contribution in [0, 0.1) is 0 Å². The van der Waals surface area contributed by atoms with Gasteiger partial charge in [0.15, 0.2) is 0 Å². The Kier molecular flexibility index (Phi) is 6.41. The van der Waals surface area contributed by atoms with Crippen LogP contribution in [0.25, 0.3) is 0 Å². The lowest BCUT2D eigenvalue weighted by atomic mass is 10.3. The van der Waals surface area contributed by atoms with E-state index in [1.165, 1.54) is 30.3 Å². The highest BCUT2D eigenvalue weighted by molar-refractivity contribution is 5.90. The van der Waals surface area contributed by atoms with E-state index < -0.39 is 12.0 Å². The van der Waals surface area contributed by atoms with Crippen LogP contribution in [0.5, 0.6) is 0 Å². The largest absolute Gasteiger partial charge is 0.477 e. The van der Waals surface area contributed by atoms with Crippen molar-refractivity contribution in [2.45, 2.75) is 0 Å². The summed E-state index contributed by atoms with van der Waals surface area (Å²) in [5, 5.41) is 20.2. The first-order valence-corrected chi connectivity index (χ1v) is 5.93. The summed E-state index contributed by atoms with van der Waals surface area (Å²) in [5.41, 5.74) is 0.273. The Morgan fingerprint density at radius 1 is 1.40 bits per heavy atom. The zero-order chi connectivity index (χ0) is 15.0. The van der Waals surface area contributed by atoms with Gasteiger partial charge in [0.05, 0.1) is 25.1 Å². The minimum absolute atomic E-state index is 0.102. The maximum atomic E-state index is 11.9. The molecular weight excluding hydrogens is 266 g/mol. The van der Waals surface area contributed by atoms with Crippen molar-refractivity contribution in [2.24, 2.45) is 0 Å². The van der Waals surface area contributed by atoms with Gasteiger partial charge in [-0.05, 0) is 12.1 Å². The molecule has 1 aromatic rings. The number of aromatic carboxylic acids is 1. The molecule has 0 saturated carbocycles. The number of amides is 2. The maximum Gasteiger partial charge on any atom is 0.354 e. The number of aliphatic hydroxyl groups excluding tert-OH is 1. The number of urea groups is 1. The van der Waals surface area contributed by atoms with Gasteiger partial charge in [0.1, 0.15) is 5.69 Å². The number of carboxylic acids is 1. The van der Waals surface area contributed by atoms with Gasteiger partial charge < -0.3 is 25.2 Å². The van der Waals surface area contributed by atoms with Crippen molar-refractivity contribution in [3.05, 3.63) is 24.0 Å². The molecule has 0 aromatic carbocycles. The summed E-state index contributed by atoms with van der Waals surface area (Å²) in [6.45, 7) is 0.705. The van der Waals surface area contributed by atoms with Crippen LogP contribution in [0.15, 0.2) is 18.3 Å². The number of pyridine rings is 1. The van der Waals surface area contributed by atoms with Gasteiger partial charge >= 0.3 is 12.0 Å². The fraction of sp³-hybridized carbons (Fsp3) is 0.417. The number of methoxy groups -OCH3 is 1. The van der Waals surface area contributed by atoms with Gasteiger partial charge in [-0.1, -0.05) is 0 Å². The lowest BCUT2D eigenvalue weighted by Crippen LogP contribution is -2.39. The molecule has 8 nitrogen and oxygen atoms in total. The van der Waals surface area contributed by atoms with Crippen LogP contribution in [0.2, 0.25) is 0 Å². The number of hydrogen-bond acceptors (Lipinski definition) is 5. The van der Waals surface area contributed by atoms with Crippen LogP contribution in [-0.4, -0.2) is 65.5 Å². The van der Waals surface area contributed by atoms with Crippen LogP contribution < -0.4 is 5.32 Å². The van der Waals surface area contributed by atoms with Gasteiger partial charge in [-0.3, -0.25) is 0 Å². The summed E-state index contributed by atoms with van der Waals surface area (Å²) in [6, 6.07) is 2.33. The van der Waals surface area contributed by atoms with Crippen LogP contribution >= 0.6 is 0 Å². The fourth-order valence-corrected chi connectivity index (χ4v) is 1.43. The molecule has 8 heteroatoms. The molecule has 2 amide bonds. The summed E-state index contributed by atoms with van der Waals surface area (Å²) < 4.78 is 4.88. The molecule has 0 spiro atoms. The van der Waals surface area contributed by atoms with Gasteiger partial charge in [-0.2, -0.15) is 0 Å². The Morgan fingerprint density at radius 3 is 2.65 bits per heavy atom. The third kappa shape index (κ3) is 4.82. The average molecular weight is 283 g/mol. The van der Waals surface area contributed by atoms with Gasteiger partial charge in [0.25, 0.3) is 0 Å². The second kappa shape index (κ2) is 8.08. The molecule has 0 bridgehead atoms. The Balaban J connectivity index is 2.64. The predicted molar refractivity (Wildman–Crippen MR) is 70.7 cm³/mol. The van der Waals surface area contributed by atoms with E-state index in [1.807, 2.05) is 0 Å². The van der Waals surface area contributed by atoms with Crippen LogP contribution in [0.1, 0.15) is 10.5 Å². The number of carbonyl (C=O) groups is 2. The lowest BCUT2D eigenvalue weighted by Gasteiger charge is -2.21. The molecule has 0 aliphatic carbocycles. The highest BCUT2D eigenvalue weighted by Gasteiger charge is 2.13. The summed E-state index contributed by atoms with van der Waals surface area (Å²) >= 11 is 0. The monoisotopic (exact) mass is 283 g/mol. The molecule has 1 rings (SSSR count). The minimum atomic E-state index is -1.13.